The second-order valence-electron chi connectivity index (χ2n) is 29.4. The van der Waals surface area contributed by atoms with Crippen LogP contribution in [0.25, 0.3) is 0 Å². The van der Waals surface area contributed by atoms with Crippen molar-refractivity contribution in [1.82, 2.24) is 0 Å². The lowest BCUT2D eigenvalue weighted by Crippen LogP contribution is -2.40. The van der Waals surface area contributed by atoms with Gasteiger partial charge in [0.1, 0.15) is 13.2 Å². The quantitative estimate of drug-likeness (QED) is 0.0211. The van der Waals surface area contributed by atoms with Gasteiger partial charge in [0.2, 0.25) is 0 Å². The number of carboxylic acids is 1. The number of esters is 2. The third-order valence-corrected chi connectivity index (χ3v) is 18.5. The predicted molar refractivity (Wildman–Crippen MR) is 428 cm³/mol. The molecule has 0 aromatic carbocycles. The van der Waals surface area contributed by atoms with Crippen LogP contribution in [-0.2, 0) is 33.3 Å². The summed E-state index contributed by atoms with van der Waals surface area (Å²) in [5, 5.41) is 9.78. The van der Waals surface area contributed by atoms with Crippen molar-refractivity contribution in [3.05, 3.63) is 109 Å². The summed E-state index contributed by atoms with van der Waals surface area (Å²) in [4.78, 5) is 37.8. The van der Waals surface area contributed by atoms with Gasteiger partial charge in [-0.05, 0) is 83.5 Å². The Kier molecular flexibility index (Phi) is 76.4. The summed E-state index contributed by atoms with van der Waals surface area (Å²) >= 11 is 0. The smallest absolute Gasteiger partial charge is 0.361 e. The van der Waals surface area contributed by atoms with Crippen molar-refractivity contribution in [3.63, 3.8) is 0 Å². The van der Waals surface area contributed by atoms with Crippen LogP contribution in [0.2, 0.25) is 0 Å². The average molecular weight is 1380 g/mol. The first kappa shape index (κ1) is 94.9. The van der Waals surface area contributed by atoms with Crippen LogP contribution in [0.3, 0.4) is 0 Å². The second kappa shape index (κ2) is 79.6. The molecule has 0 fully saturated rings. The normalized spacial score (nSPS) is 13.2. The van der Waals surface area contributed by atoms with Gasteiger partial charge < -0.3 is 28.5 Å². The van der Waals surface area contributed by atoms with E-state index in [4.69, 9.17) is 18.9 Å². The monoisotopic (exact) mass is 1380 g/mol. The van der Waals surface area contributed by atoms with Gasteiger partial charge in [-0.3, -0.25) is 9.59 Å². The van der Waals surface area contributed by atoms with E-state index in [9.17, 15) is 19.5 Å². The highest BCUT2D eigenvalue weighted by atomic mass is 16.7. The maximum absolute atomic E-state index is 13.0. The fraction of sp³-hybridized carbons (Fsp3) is 0.767. The Morgan fingerprint density at radius 1 is 0.313 bits per heavy atom. The fourth-order valence-electron chi connectivity index (χ4n) is 12.2. The van der Waals surface area contributed by atoms with Gasteiger partial charge in [0.05, 0.1) is 34.4 Å². The molecule has 2 unspecified atom stereocenters. The van der Waals surface area contributed by atoms with Crippen LogP contribution in [0.5, 0.6) is 0 Å². The summed E-state index contributed by atoms with van der Waals surface area (Å²) in [6.07, 6.45) is 110. The molecule has 0 aliphatic rings. The molecule has 0 amide bonds. The molecule has 1 N–H and O–H groups in total. The van der Waals surface area contributed by atoms with Crippen molar-refractivity contribution in [2.45, 2.75) is 399 Å². The third kappa shape index (κ3) is 81.1. The topological polar surface area (TPSA) is 108 Å². The van der Waals surface area contributed by atoms with Gasteiger partial charge in [-0.25, -0.2) is 4.79 Å². The number of hydrogen-bond donors (Lipinski definition) is 1. The zero-order chi connectivity index (χ0) is 71.8. The lowest BCUT2D eigenvalue weighted by Gasteiger charge is -2.25. The molecule has 0 aromatic heterocycles. The van der Waals surface area contributed by atoms with Crippen molar-refractivity contribution < 1.29 is 42.9 Å². The molecule has 572 valence electrons. The first-order valence-electron chi connectivity index (χ1n) is 42.1. The number of allylic oxidation sites excluding steroid dienone is 18. The molecule has 0 spiro atoms. The van der Waals surface area contributed by atoms with Crippen LogP contribution in [0.4, 0.5) is 0 Å². The van der Waals surface area contributed by atoms with Gasteiger partial charge in [0.15, 0.2) is 6.10 Å². The largest absolute Gasteiger partial charge is 0.477 e. The fourth-order valence-corrected chi connectivity index (χ4v) is 12.2. The molecule has 0 saturated heterocycles. The maximum atomic E-state index is 13.0. The van der Waals surface area contributed by atoms with E-state index >= 15 is 0 Å². The van der Waals surface area contributed by atoms with Crippen molar-refractivity contribution in [2.75, 3.05) is 47.5 Å². The molecule has 0 aromatic rings. The molecule has 0 saturated carbocycles. The molecular weight excluding hydrogens is 1220 g/mol. The van der Waals surface area contributed by atoms with Gasteiger partial charge in [-0.1, -0.05) is 399 Å². The van der Waals surface area contributed by atoms with Gasteiger partial charge in [-0.15, -0.1) is 0 Å². The van der Waals surface area contributed by atoms with Crippen LogP contribution in [0, 0.1) is 0 Å². The number of rotatable bonds is 78. The molecule has 0 aliphatic carbocycles. The van der Waals surface area contributed by atoms with E-state index in [0.717, 1.165) is 103 Å². The Bertz CT molecular complexity index is 2000. The molecule has 0 rings (SSSR count). The molecular formula is C90H160NO8+. The summed E-state index contributed by atoms with van der Waals surface area (Å²) in [5.74, 6) is -2.00. The minimum Gasteiger partial charge on any atom is -0.477 e. The van der Waals surface area contributed by atoms with Crippen LogP contribution < -0.4 is 0 Å². The van der Waals surface area contributed by atoms with E-state index in [1.165, 1.54) is 250 Å². The van der Waals surface area contributed by atoms with Crippen molar-refractivity contribution in [2.24, 2.45) is 0 Å². The Labute approximate surface area is 613 Å². The lowest BCUT2D eigenvalue weighted by atomic mass is 10.0. The minimum absolute atomic E-state index is 0.184. The predicted octanol–water partition coefficient (Wildman–Crippen LogP) is 27.3. The van der Waals surface area contributed by atoms with Crippen molar-refractivity contribution in [3.8, 4) is 0 Å². The van der Waals surface area contributed by atoms with Crippen molar-refractivity contribution in [1.29, 1.82) is 0 Å². The van der Waals surface area contributed by atoms with Crippen molar-refractivity contribution >= 4 is 17.9 Å². The highest BCUT2D eigenvalue weighted by Gasteiger charge is 2.25. The molecule has 0 bridgehead atoms. The Balaban J connectivity index is 4.02. The SMILES string of the molecule is CC/C=C\C/C=C\C/C=C\C/C=C\C/C=C\C/C=C\C/C=C\C/C=C\C/C=C\CCCCCCCCCCCC(=O)OC(COC(=O)CCCCCCCCCCCCCCCCCCCCCCCCCCCCCCCCCCCCCCC)COC(OCC[N+](C)(C)C)C(=O)O. The van der Waals surface area contributed by atoms with Crippen LogP contribution in [-0.4, -0.2) is 87.4 Å². The van der Waals surface area contributed by atoms with Crippen LogP contribution >= 0.6 is 0 Å². The van der Waals surface area contributed by atoms with Gasteiger partial charge in [0, 0.05) is 12.8 Å². The Morgan fingerprint density at radius 2 is 0.576 bits per heavy atom. The molecule has 0 radical (unpaired) electrons. The number of ether oxygens (including phenoxy) is 4. The van der Waals surface area contributed by atoms with E-state index < -0.39 is 24.3 Å². The van der Waals surface area contributed by atoms with Gasteiger partial charge in [-0.2, -0.15) is 0 Å². The minimum atomic E-state index is -1.52. The molecule has 9 heteroatoms. The molecule has 0 aliphatic heterocycles. The zero-order valence-corrected chi connectivity index (χ0v) is 65.6. The molecule has 99 heavy (non-hydrogen) atoms. The van der Waals surface area contributed by atoms with E-state index in [0.29, 0.717) is 23.9 Å². The van der Waals surface area contributed by atoms with E-state index in [-0.39, 0.29) is 32.2 Å². The third-order valence-electron chi connectivity index (χ3n) is 18.5. The standard InChI is InChI=1S/C90H159NO8/c1-6-8-10-12-14-16-18-20-22-24-26-28-30-32-34-36-38-40-42-44-46-48-50-52-54-56-58-60-62-64-66-68-70-72-74-76-78-80-87(92)97-84-86(85-98-90(89(94)95)96-83-82-91(3,4)5)99-88(93)81-79-77-75-73-71-69-67-65-63-61-59-57-55-53-51-49-47-45-43-41-39-37-35-33-31-29-27-25-23-21-19-17-15-13-11-9-7-2/h9,11,15,17,21,23,27,29,33,35,39,41,45,47,51,53,57,59,86,90H,6-8,10,12-14,16,18-20,22,24-26,28,30-32,34,36-38,40,42-44,46,48-50,52,54-56,58,60-85H2,1-5H3/p+1/b11-9-,17-15-,23-21-,29-27-,35-33-,41-39-,47-45-,53-51-,59-57-. The second-order valence-corrected chi connectivity index (χ2v) is 29.4. The highest BCUT2D eigenvalue weighted by molar-refractivity contribution is 5.71. The first-order valence-corrected chi connectivity index (χ1v) is 42.1. The summed E-state index contributed by atoms with van der Waals surface area (Å²) in [5.41, 5.74) is 0. The average Bonchev–Trinajstić information content (AvgIpc) is 2.19. The summed E-state index contributed by atoms with van der Waals surface area (Å²) in [7, 11) is 5.99. The van der Waals surface area contributed by atoms with E-state index in [1.807, 2.05) is 21.1 Å². The Morgan fingerprint density at radius 3 is 0.859 bits per heavy atom. The molecule has 9 nitrogen and oxygen atoms in total. The summed E-state index contributed by atoms with van der Waals surface area (Å²) < 4.78 is 23.1. The number of carbonyl (C=O) groups excluding carboxylic acids is 2. The number of carbonyl (C=O) groups is 3. The number of quaternary nitrogens is 1. The molecule has 2 atom stereocenters. The van der Waals surface area contributed by atoms with Gasteiger partial charge in [0.25, 0.3) is 6.29 Å². The maximum Gasteiger partial charge on any atom is 0.361 e. The van der Waals surface area contributed by atoms with E-state index in [1.54, 1.807) is 0 Å². The van der Waals surface area contributed by atoms with Crippen LogP contribution in [0.1, 0.15) is 386 Å². The van der Waals surface area contributed by atoms with Gasteiger partial charge >= 0.3 is 17.9 Å². The lowest BCUT2D eigenvalue weighted by molar-refractivity contribution is -0.870. The summed E-state index contributed by atoms with van der Waals surface area (Å²) in [6.45, 7) is 4.80. The zero-order valence-electron chi connectivity index (χ0n) is 65.6. The molecule has 0 heterocycles. The Hall–Kier alpha value is -4.05. The highest BCUT2D eigenvalue weighted by Crippen LogP contribution is 2.20. The number of aliphatic carboxylic acids is 1. The number of nitrogens with zero attached hydrogens (tertiary/aromatic N) is 1. The number of unbranched alkanes of at least 4 members (excludes halogenated alkanes) is 45. The van der Waals surface area contributed by atoms with Crippen LogP contribution in [0.15, 0.2) is 109 Å². The number of carboxylic acid groups (broad SMARTS) is 1. The van der Waals surface area contributed by atoms with E-state index in [2.05, 4.69) is 123 Å². The number of hydrogen-bond acceptors (Lipinski definition) is 7. The summed E-state index contributed by atoms with van der Waals surface area (Å²) in [6, 6.07) is 0. The first-order chi connectivity index (χ1) is 48.6. The number of likely N-dealkylation sites (N-methyl/N-ethyl adjacent to an activating group) is 1.